The molecule has 31 heavy (non-hydrogen) atoms. The molecule has 0 saturated heterocycles. The van der Waals surface area contributed by atoms with Crippen molar-refractivity contribution in [2.45, 2.75) is 19.4 Å². The molecule has 4 rings (SSSR count). The van der Waals surface area contributed by atoms with E-state index in [1.54, 1.807) is 56.3 Å². The van der Waals surface area contributed by atoms with Crippen LogP contribution in [0.3, 0.4) is 0 Å². The number of rotatable bonds is 6. The van der Waals surface area contributed by atoms with Crippen molar-refractivity contribution in [1.29, 1.82) is 0 Å². The van der Waals surface area contributed by atoms with Crippen molar-refractivity contribution in [3.63, 3.8) is 0 Å². The molecule has 1 heterocycles. The van der Waals surface area contributed by atoms with Gasteiger partial charge in [0.25, 0.3) is 11.8 Å². The molecule has 0 radical (unpaired) electrons. The van der Waals surface area contributed by atoms with Crippen LogP contribution in [0.25, 0.3) is 11.0 Å². The van der Waals surface area contributed by atoms with Crippen LogP contribution in [0.1, 0.15) is 24.4 Å². The highest BCUT2D eigenvalue weighted by atomic mass is 16.5. The first-order valence-electron chi connectivity index (χ1n) is 9.86. The number of hydrogen-bond acceptors (Lipinski definition) is 4. The maximum absolute atomic E-state index is 12.8. The summed E-state index contributed by atoms with van der Waals surface area (Å²) >= 11 is 0. The number of carbonyl (C=O) groups excluding carboxylic acids is 2. The van der Waals surface area contributed by atoms with Gasteiger partial charge in [0.1, 0.15) is 11.3 Å². The molecule has 0 aliphatic rings. The zero-order valence-electron chi connectivity index (χ0n) is 17.2. The van der Waals surface area contributed by atoms with E-state index >= 15 is 0 Å². The Hall–Kier alpha value is -4.06. The fraction of sp³-hybridized carbons (Fsp3) is 0.120. The lowest BCUT2D eigenvalue weighted by molar-refractivity contribution is -0.128. The molecule has 3 aromatic carbocycles. The van der Waals surface area contributed by atoms with Crippen LogP contribution in [-0.4, -0.2) is 17.4 Å². The molecule has 2 N–H and O–H groups in total. The lowest BCUT2D eigenvalue weighted by Gasteiger charge is -2.25. The van der Waals surface area contributed by atoms with E-state index in [1.807, 2.05) is 42.5 Å². The van der Waals surface area contributed by atoms with Crippen LogP contribution in [-0.2, 0) is 4.79 Å². The summed E-state index contributed by atoms with van der Waals surface area (Å²) in [5, 5.41) is 6.49. The first kappa shape index (κ1) is 20.2. The fourth-order valence-corrected chi connectivity index (χ4v) is 3.07. The van der Waals surface area contributed by atoms with Gasteiger partial charge in [-0.25, -0.2) is 0 Å². The third kappa shape index (κ3) is 4.75. The second kappa shape index (κ2) is 8.36. The van der Waals surface area contributed by atoms with E-state index in [0.29, 0.717) is 22.7 Å². The number of carbonyl (C=O) groups is 2. The molecule has 0 aliphatic carbocycles. The van der Waals surface area contributed by atoms with Crippen molar-refractivity contribution in [3.05, 3.63) is 90.7 Å². The third-order valence-corrected chi connectivity index (χ3v) is 4.69. The monoisotopic (exact) mass is 414 g/mol. The van der Waals surface area contributed by atoms with E-state index in [-0.39, 0.29) is 17.6 Å². The van der Waals surface area contributed by atoms with Crippen molar-refractivity contribution in [2.24, 2.45) is 0 Å². The van der Waals surface area contributed by atoms with Crippen molar-refractivity contribution in [3.8, 4) is 5.75 Å². The van der Waals surface area contributed by atoms with Crippen molar-refractivity contribution in [1.82, 2.24) is 0 Å². The second-order valence-electron chi connectivity index (χ2n) is 7.56. The Morgan fingerprint density at radius 1 is 0.806 bits per heavy atom. The van der Waals surface area contributed by atoms with Gasteiger partial charge in [-0.1, -0.05) is 42.5 Å². The smallest absolute Gasteiger partial charge is 0.291 e. The van der Waals surface area contributed by atoms with E-state index < -0.39 is 5.60 Å². The summed E-state index contributed by atoms with van der Waals surface area (Å²) in [6.07, 6.45) is 0. The molecule has 2 amide bonds. The summed E-state index contributed by atoms with van der Waals surface area (Å²) < 4.78 is 11.4. The van der Waals surface area contributed by atoms with E-state index in [0.717, 1.165) is 5.39 Å². The fourth-order valence-electron chi connectivity index (χ4n) is 3.07. The number of para-hydroxylation sites is 2. The Morgan fingerprint density at radius 2 is 1.48 bits per heavy atom. The van der Waals surface area contributed by atoms with Gasteiger partial charge < -0.3 is 19.8 Å². The van der Waals surface area contributed by atoms with E-state index in [1.165, 1.54) is 0 Å². The van der Waals surface area contributed by atoms with Crippen LogP contribution >= 0.6 is 0 Å². The zero-order valence-corrected chi connectivity index (χ0v) is 17.2. The molecule has 0 fully saturated rings. The number of amides is 2. The van der Waals surface area contributed by atoms with Gasteiger partial charge >= 0.3 is 0 Å². The number of fused-ring (bicyclic) bond motifs is 1. The highest BCUT2D eigenvalue weighted by Gasteiger charge is 2.30. The molecule has 6 nitrogen and oxygen atoms in total. The first-order chi connectivity index (χ1) is 14.9. The Kier molecular flexibility index (Phi) is 5.45. The van der Waals surface area contributed by atoms with Gasteiger partial charge in [0.2, 0.25) is 0 Å². The SMILES string of the molecule is CC(C)(Oc1ccccc1)C(=O)Nc1cccc(NC(=O)c2cc3ccccc3o2)c1. The molecular weight excluding hydrogens is 392 g/mol. The van der Waals surface area contributed by atoms with Crippen LogP contribution in [0.5, 0.6) is 5.75 Å². The van der Waals surface area contributed by atoms with Gasteiger partial charge in [-0.05, 0) is 56.3 Å². The first-order valence-corrected chi connectivity index (χ1v) is 9.86. The summed E-state index contributed by atoms with van der Waals surface area (Å²) in [5.41, 5.74) is 0.631. The summed E-state index contributed by atoms with van der Waals surface area (Å²) in [6.45, 7) is 3.39. The standard InChI is InChI=1S/C25H22N2O4/c1-25(2,31-20-12-4-3-5-13-20)24(29)27-19-11-8-10-18(16-19)26-23(28)22-15-17-9-6-7-14-21(17)30-22/h3-16H,1-2H3,(H,26,28)(H,27,29). The predicted octanol–water partition coefficient (Wildman–Crippen LogP) is 5.48. The molecule has 0 unspecified atom stereocenters. The van der Waals surface area contributed by atoms with Gasteiger partial charge in [0.15, 0.2) is 11.4 Å². The predicted molar refractivity (Wildman–Crippen MR) is 120 cm³/mol. The minimum absolute atomic E-state index is 0.216. The average molecular weight is 414 g/mol. The molecule has 6 heteroatoms. The molecular formula is C25H22N2O4. The Bertz CT molecular complexity index is 1200. The Labute approximate surface area is 179 Å². The van der Waals surface area contributed by atoms with Crippen molar-refractivity contribution >= 4 is 34.2 Å². The second-order valence-corrected chi connectivity index (χ2v) is 7.56. The lowest BCUT2D eigenvalue weighted by atomic mass is 10.1. The lowest BCUT2D eigenvalue weighted by Crippen LogP contribution is -2.42. The average Bonchev–Trinajstić information content (AvgIpc) is 3.19. The molecule has 4 aromatic rings. The van der Waals surface area contributed by atoms with Crippen LogP contribution in [0.2, 0.25) is 0 Å². The molecule has 0 spiro atoms. The minimum atomic E-state index is -1.09. The number of anilines is 2. The number of furan rings is 1. The number of benzene rings is 3. The minimum Gasteiger partial charge on any atom is -0.478 e. The molecule has 0 aliphatic heterocycles. The highest BCUT2D eigenvalue weighted by molar-refractivity contribution is 6.05. The van der Waals surface area contributed by atoms with Crippen LogP contribution in [0, 0.1) is 0 Å². The molecule has 1 aromatic heterocycles. The normalized spacial score (nSPS) is 11.2. The summed E-state index contributed by atoms with van der Waals surface area (Å²) in [7, 11) is 0. The quantitative estimate of drug-likeness (QED) is 0.438. The highest BCUT2D eigenvalue weighted by Crippen LogP contribution is 2.23. The largest absolute Gasteiger partial charge is 0.478 e. The van der Waals surface area contributed by atoms with Crippen molar-refractivity contribution < 1.29 is 18.7 Å². The summed E-state index contributed by atoms with van der Waals surface area (Å²) in [6, 6.07) is 25.2. The van der Waals surface area contributed by atoms with Crippen molar-refractivity contribution in [2.75, 3.05) is 10.6 Å². The Morgan fingerprint density at radius 3 is 2.23 bits per heavy atom. The maximum Gasteiger partial charge on any atom is 0.291 e. The van der Waals surface area contributed by atoms with Gasteiger partial charge in [0.05, 0.1) is 0 Å². The van der Waals surface area contributed by atoms with Crippen LogP contribution in [0.15, 0.2) is 89.3 Å². The molecule has 0 bridgehead atoms. The number of nitrogens with one attached hydrogen (secondary N) is 2. The van der Waals surface area contributed by atoms with Gasteiger partial charge in [0, 0.05) is 16.8 Å². The maximum atomic E-state index is 12.8. The summed E-state index contributed by atoms with van der Waals surface area (Å²) in [5.74, 6) is 0.145. The third-order valence-electron chi connectivity index (χ3n) is 4.69. The van der Waals surface area contributed by atoms with E-state index in [2.05, 4.69) is 10.6 Å². The van der Waals surface area contributed by atoms with Crippen LogP contribution < -0.4 is 15.4 Å². The summed E-state index contributed by atoms with van der Waals surface area (Å²) in [4.78, 5) is 25.3. The van der Waals surface area contributed by atoms with Gasteiger partial charge in [-0.3, -0.25) is 9.59 Å². The zero-order chi connectivity index (χ0) is 21.8. The Balaban J connectivity index is 1.44. The number of hydrogen-bond donors (Lipinski definition) is 2. The van der Waals surface area contributed by atoms with Gasteiger partial charge in [-0.15, -0.1) is 0 Å². The van der Waals surface area contributed by atoms with E-state index in [9.17, 15) is 9.59 Å². The molecule has 0 atom stereocenters. The topological polar surface area (TPSA) is 80.6 Å². The molecule has 156 valence electrons. The number of ether oxygens (including phenoxy) is 1. The van der Waals surface area contributed by atoms with E-state index in [4.69, 9.17) is 9.15 Å². The molecule has 0 saturated carbocycles. The van der Waals surface area contributed by atoms with Crippen LogP contribution in [0.4, 0.5) is 11.4 Å². The van der Waals surface area contributed by atoms with Gasteiger partial charge in [-0.2, -0.15) is 0 Å².